The number of carboxylic acids is 1. The summed E-state index contributed by atoms with van der Waals surface area (Å²) >= 11 is 0. The SMILES string of the molecule is COC(=O)C1(O)CCC2C(C)(C)CCCC2(C)C1(C)CC(=O)[O-]. The highest BCUT2D eigenvalue weighted by atomic mass is 16.5. The van der Waals surface area contributed by atoms with Gasteiger partial charge in [-0.2, -0.15) is 0 Å². The Bertz CT molecular complexity index is 514. The Balaban J connectivity index is 2.61. The van der Waals surface area contributed by atoms with Crippen molar-refractivity contribution in [3.05, 3.63) is 0 Å². The maximum Gasteiger partial charge on any atom is 0.338 e. The maximum atomic E-state index is 12.4. The van der Waals surface area contributed by atoms with Crippen LogP contribution in [0.3, 0.4) is 0 Å². The molecule has 0 amide bonds. The van der Waals surface area contributed by atoms with Crippen molar-refractivity contribution in [1.29, 1.82) is 0 Å². The highest BCUT2D eigenvalue weighted by Crippen LogP contribution is 2.68. The quantitative estimate of drug-likeness (QED) is 0.798. The van der Waals surface area contributed by atoms with E-state index < -0.39 is 28.4 Å². The number of fused-ring (bicyclic) bond motifs is 1. The van der Waals surface area contributed by atoms with E-state index in [0.717, 1.165) is 19.3 Å². The number of aliphatic carboxylic acids is 1. The van der Waals surface area contributed by atoms with Crippen molar-refractivity contribution >= 4 is 11.9 Å². The number of aliphatic hydroxyl groups is 1. The number of carbonyl (C=O) groups excluding carboxylic acids is 2. The van der Waals surface area contributed by atoms with Gasteiger partial charge in [-0.3, -0.25) is 0 Å². The highest BCUT2D eigenvalue weighted by molar-refractivity contribution is 5.82. The Kier molecular flexibility index (Phi) is 4.34. The van der Waals surface area contributed by atoms with Crippen molar-refractivity contribution in [2.24, 2.45) is 22.2 Å². The number of methoxy groups -OCH3 is 1. The Morgan fingerprint density at radius 2 is 1.78 bits per heavy atom. The summed E-state index contributed by atoms with van der Waals surface area (Å²) in [6.07, 6.45) is 3.40. The van der Waals surface area contributed by atoms with E-state index in [1.165, 1.54) is 7.11 Å². The van der Waals surface area contributed by atoms with Gasteiger partial charge >= 0.3 is 5.97 Å². The van der Waals surface area contributed by atoms with Crippen LogP contribution in [0.4, 0.5) is 0 Å². The first kappa shape index (κ1) is 18.2. The van der Waals surface area contributed by atoms with E-state index in [1.807, 2.05) is 6.92 Å². The van der Waals surface area contributed by atoms with Crippen molar-refractivity contribution in [3.63, 3.8) is 0 Å². The van der Waals surface area contributed by atoms with E-state index in [-0.39, 0.29) is 24.2 Å². The Hall–Kier alpha value is -1.10. The van der Waals surface area contributed by atoms with E-state index in [1.54, 1.807) is 6.92 Å². The molecule has 4 unspecified atom stereocenters. The molecule has 2 aliphatic rings. The largest absolute Gasteiger partial charge is 0.550 e. The van der Waals surface area contributed by atoms with Gasteiger partial charge in [0.25, 0.3) is 0 Å². The van der Waals surface area contributed by atoms with Crippen molar-refractivity contribution < 1.29 is 24.5 Å². The lowest BCUT2D eigenvalue weighted by atomic mass is 9.39. The lowest BCUT2D eigenvalue weighted by Gasteiger charge is -2.66. The van der Waals surface area contributed by atoms with Crippen LogP contribution in [0, 0.1) is 22.2 Å². The van der Waals surface area contributed by atoms with Gasteiger partial charge < -0.3 is 19.7 Å². The second kappa shape index (κ2) is 5.47. The zero-order chi connectivity index (χ0) is 17.7. The first-order valence-electron chi connectivity index (χ1n) is 8.45. The topological polar surface area (TPSA) is 86.7 Å². The van der Waals surface area contributed by atoms with Crippen molar-refractivity contribution in [2.75, 3.05) is 7.11 Å². The van der Waals surface area contributed by atoms with E-state index in [2.05, 4.69) is 13.8 Å². The molecule has 2 rings (SSSR count). The van der Waals surface area contributed by atoms with E-state index in [0.29, 0.717) is 6.42 Å². The maximum absolute atomic E-state index is 12.4. The molecule has 2 fully saturated rings. The summed E-state index contributed by atoms with van der Waals surface area (Å²) in [5, 5.41) is 22.7. The number of ether oxygens (including phenoxy) is 1. The summed E-state index contributed by atoms with van der Waals surface area (Å²) in [5.41, 5.74) is -3.32. The molecule has 0 radical (unpaired) electrons. The van der Waals surface area contributed by atoms with Gasteiger partial charge in [-0.15, -0.1) is 0 Å². The molecular formula is C18H29O5-. The van der Waals surface area contributed by atoms with E-state index in [9.17, 15) is 19.8 Å². The molecule has 0 aliphatic heterocycles. The zero-order valence-corrected chi connectivity index (χ0v) is 14.9. The third-order valence-electron chi connectivity index (χ3n) is 7.22. The summed E-state index contributed by atoms with van der Waals surface area (Å²) in [5.74, 6) is -1.72. The fourth-order valence-electron chi connectivity index (χ4n) is 5.73. The van der Waals surface area contributed by atoms with Crippen LogP contribution < -0.4 is 5.11 Å². The number of carboxylic acid groups (broad SMARTS) is 1. The molecule has 0 aromatic heterocycles. The fraction of sp³-hybridized carbons (Fsp3) is 0.889. The molecule has 5 heteroatoms. The van der Waals surface area contributed by atoms with Gasteiger partial charge in [0.2, 0.25) is 0 Å². The molecule has 4 atom stereocenters. The molecule has 0 aromatic rings. The van der Waals surface area contributed by atoms with Crippen molar-refractivity contribution in [3.8, 4) is 0 Å². The van der Waals surface area contributed by atoms with Crippen LogP contribution in [0.5, 0.6) is 0 Å². The third-order valence-corrected chi connectivity index (χ3v) is 7.22. The van der Waals surface area contributed by atoms with Crippen LogP contribution in [0.1, 0.15) is 66.2 Å². The fourth-order valence-corrected chi connectivity index (χ4v) is 5.73. The summed E-state index contributed by atoms with van der Waals surface area (Å²) in [4.78, 5) is 23.9. The van der Waals surface area contributed by atoms with Crippen molar-refractivity contribution in [1.82, 2.24) is 0 Å². The first-order chi connectivity index (χ1) is 10.4. The molecule has 0 saturated heterocycles. The van der Waals surface area contributed by atoms with Gasteiger partial charge in [-0.05, 0) is 48.9 Å². The highest BCUT2D eigenvalue weighted by Gasteiger charge is 2.68. The predicted octanol–water partition coefficient (Wildman–Crippen LogP) is 1.66. The number of hydrogen-bond acceptors (Lipinski definition) is 5. The lowest BCUT2D eigenvalue weighted by Crippen LogP contribution is -2.68. The average Bonchev–Trinajstić information content (AvgIpc) is 2.42. The molecule has 1 N–H and O–H groups in total. The van der Waals surface area contributed by atoms with Gasteiger partial charge in [0, 0.05) is 11.4 Å². The molecule has 0 spiro atoms. The van der Waals surface area contributed by atoms with Crippen LogP contribution in [0.2, 0.25) is 0 Å². The summed E-state index contributed by atoms with van der Waals surface area (Å²) in [7, 11) is 1.24. The molecule has 23 heavy (non-hydrogen) atoms. The number of esters is 1. The third kappa shape index (κ3) is 2.39. The second-order valence-corrected chi connectivity index (χ2v) is 8.58. The van der Waals surface area contributed by atoms with Gasteiger partial charge in [-0.1, -0.05) is 34.1 Å². The average molecular weight is 325 g/mol. The Labute approximate surface area is 138 Å². The molecule has 2 saturated carbocycles. The minimum Gasteiger partial charge on any atom is -0.550 e. The molecule has 2 aliphatic carbocycles. The standard InChI is InChI=1S/C18H30O5/c1-15(2)8-6-9-16(3)12(15)7-10-18(22,14(21)23-5)17(16,4)11-13(19)20/h12,22H,6-11H2,1-5H3,(H,19,20)/p-1. The van der Waals surface area contributed by atoms with Crippen LogP contribution >= 0.6 is 0 Å². The van der Waals surface area contributed by atoms with E-state index in [4.69, 9.17) is 4.74 Å². The summed E-state index contributed by atoms with van der Waals surface area (Å²) in [6, 6.07) is 0. The van der Waals surface area contributed by atoms with Gasteiger partial charge in [0.05, 0.1) is 7.11 Å². The molecule has 0 heterocycles. The number of hydrogen-bond donors (Lipinski definition) is 1. The van der Waals surface area contributed by atoms with Gasteiger partial charge in [0.15, 0.2) is 5.60 Å². The monoisotopic (exact) mass is 325 g/mol. The molecule has 0 aromatic carbocycles. The van der Waals surface area contributed by atoms with Crippen LogP contribution in [-0.2, 0) is 14.3 Å². The van der Waals surface area contributed by atoms with E-state index >= 15 is 0 Å². The van der Waals surface area contributed by atoms with Crippen LogP contribution in [0.15, 0.2) is 0 Å². The smallest absolute Gasteiger partial charge is 0.338 e. The van der Waals surface area contributed by atoms with Crippen molar-refractivity contribution in [2.45, 2.75) is 71.8 Å². The molecule has 132 valence electrons. The molecular weight excluding hydrogens is 296 g/mol. The summed E-state index contributed by atoms with van der Waals surface area (Å²) < 4.78 is 4.84. The summed E-state index contributed by atoms with van der Waals surface area (Å²) in [6.45, 7) is 8.18. The van der Waals surface area contributed by atoms with Crippen LogP contribution in [-0.4, -0.2) is 29.8 Å². The minimum absolute atomic E-state index is 0.0532. The molecule has 5 nitrogen and oxygen atoms in total. The first-order valence-corrected chi connectivity index (χ1v) is 8.45. The zero-order valence-electron chi connectivity index (χ0n) is 14.9. The predicted molar refractivity (Wildman–Crippen MR) is 83.2 cm³/mol. The van der Waals surface area contributed by atoms with Crippen LogP contribution in [0.25, 0.3) is 0 Å². The van der Waals surface area contributed by atoms with Gasteiger partial charge in [0.1, 0.15) is 0 Å². The second-order valence-electron chi connectivity index (χ2n) is 8.58. The molecule has 0 bridgehead atoms. The van der Waals surface area contributed by atoms with Gasteiger partial charge in [-0.25, -0.2) is 4.79 Å². The Morgan fingerprint density at radius 3 is 2.30 bits per heavy atom. The number of carbonyl (C=O) groups is 2. The Morgan fingerprint density at radius 1 is 1.17 bits per heavy atom. The normalized spacial score (nSPS) is 42.6. The minimum atomic E-state index is -1.79. The lowest BCUT2D eigenvalue weighted by molar-refractivity contribution is -0.317. The number of rotatable bonds is 3.